The molecule has 0 spiro atoms. The lowest BCUT2D eigenvalue weighted by Crippen LogP contribution is -2.45. The molecule has 4 nitrogen and oxygen atoms in total. The number of hydrogen-bond donors (Lipinski definition) is 1. The van der Waals surface area contributed by atoms with Crippen LogP contribution in [0.25, 0.3) is 0 Å². The van der Waals surface area contributed by atoms with E-state index in [1.165, 1.54) is 0 Å². The normalized spacial score (nSPS) is 27.8. The Balaban J connectivity index is 1.70. The van der Waals surface area contributed by atoms with E-state index in [4.69, 9.17) is 4.74 Å². The molecule has 0 aromatic heterocycles. The molecule has 0 radical (unpaired) electrons. The van der Waals surface area contributed by atoms with Crippen molar-refractivity contribution in [1.82, 2.24) is 10.2 Å². The highest BCUT2D eigenvalue weighted by atomic mass is 19.4. The van der Waals surface area contributed by atoms with Gasteiger partial charge in [0.25, 0.3) is 0 Å². The van der Waals surface area contributed by atoms with E-state index in [1.54, 1.807) is 0 Å². The van der Waals surface area contributed by atoms with Crippen molar-refractivity contribution in [3.63, 3.8) is 0 Å². The first-order chi connectivity index (χ1) is 9.94. The summed E-state index contributed by atoms with van der Waals surface area (Å²) in [7, 11) is 0. The van der Waals surface area contributed by atoms with Crippen LogP contribution in [0.5, 0.6) is 0 Å². The Hall–Kier alpha value is -0.820. The van der Waals surface area contributed by atoms with Crippen molar-refractivity contribution >= 4 is 5.91 Å². The second kappa shape index (κ2) is 7.45. The van der Waals surface area contributed by atoms with E-state index in [-0.39, 0.29) is 5.92 Å². The van der Waals surface area contributed by atoms with Crippen LogP contribution >= 0.6 is 0 Å². The van der Waals surface area contributed by atoms with Gasteiger partial charge in [0.15, 0.2) is 0 Å². The average Bonchev–Trinajstić information content (AvgIpc) is 2.95. The maximum atomic E-state index is 12.1. The molecule has 0 aliphatic carbocycles. The monoisotopic (exact) mass is 308 g/mol. The summed E-state index contributed by atoms with van der Waals surface area (Å²) in [5, 5.41) is 1.99. The van der Waals surface area contributed by atoms with Crippen molar-refractivity contribution in [2.75, 3.05) is 32.8 Å². The lowest BCUT2D eigenvalue weighted by atomic mass is 9.96. The van der Waals surface area contributed by atoms with Crippen LogP contribution in [0.1, 0.15) is 32.1 Å². The van der Waals surface area contributed by atoms with E-state index in [0.717, 1.165) is 45.4 Å². The summed E-state index contributed by atoms with van der Waals surface area (Å²) in [5.41, 5.74) is 0. The van der Waals surface area contributed by atoms with Crippen molar-refractivity contribution in [2.24, 2.45) is 5.92 Å². The second-order valence-electron chi connectivity index (χ2n) is 5.90. The zero-order chi connectivity index (χ0) is 15.3. The fourth-order valence-corrected chi connectivity index (χ4v) is 3.00. The minimum atomic E-state index is -4.34. The molecule has 0 aromatic carbocycles. The molecule has 1 N–H and O–H groups in total. The molecule has 1 amide bonds. The Kier molecular flexibility index (Phi) is 5.87. The third-order valence-corrected chi connectivity index (χ3v) is 4.13. The predicted octanol–water partition coefficient (Wildman–Crippen LogP) is 1.95. The van der Waals surface area contributed by atoms with Crippen molar-refractivity contribution in [2.45, 2.75) is 44.4 Å². The van der Waals surface area contributed by atoms with Crippen LogP contribution in [0.2, 0.25) is 0 Å². The van der Waals surface area contributed by atoms with E-state index in [1.807, 2.05) is 5.32 Å². The van der Waals surface area contributed by atoms with Gasteiger partial charge in [0.1, 0.15) is 6.54 Å². The third-order valence-electron chi connectivity index (χ3n) is 4.13. The van der Waals surface area contributed by atoms with Crippen molar-refractivity contribution in [3.05, 3.63) is 0 Å². The first-order valence-electron chi connectivity index (χ1n) is 7.62. The van der Waals surface area contributed by atoms with Gasteiger partial charge in [-0.05, 0) is 38.6 Å². The minimum absolute atomic E-state index is 0.310. The molecule has 2 unspecified atom stereocenters. The molecule has 2 aliphatic rings. The molecular formula is C14H23F3N2O2. The number of carbonyl (C=O) groups excluding carboxylic acids is 1. The summed E-state index contributed by atoms with van der Waals surface area (Å²) in [6.45, 7) is 1.91. The van der Waals surface area contributed by atoms with E-state index in [2.05, 4.69) is 4.90 Å². The Bertz CT molecular complexity index is 344. The van der Waals surface area contributed by atoms with Gasteiger partial charge in [0.05, 0.1) is 12.0 Å². The van der Waals surface area contributed by atoms with Crippen LogP contribution in [-0.2, 0) is 9.53 Å². The largest absolute Gasteiger partial charge is 0.405 e. The molecule has 2 atom stereocenters. The number of nitrogens with one attached hydrogen (secondary N) is 1. The summed E-state index contributed by atoms with van der Waals surface area (Å²) in [6, 6.07) is 0. The van der Waals surface area contributed by atoms with Gasteiger partial charge in [-0.1, -0.05) is 0 Å². The number of hydrogen-bond acceptors (Lipinski definition) is 3. The van der Waals surface area contributed by atoms with Crippen LogP contribution in [0.4, 0.5) is 13.2 Å². The summed E-state index contributed by atoms with van der Waals surface area (Å²) in [6.07, 6.45) is 0.622. The van der Waals surface area contributed by atoms with Crippen LogP contribution in [0.3, 0.4) is 0 Å². The molecule has 2 rings (SSSR count). The Labute approximate surface area is 123 Å². The smallest absolute Gasteiger partial charge is 0.378 e. The van der Waals surface area contributed by atoms with Gasteiger partial charge in [0, 0.05) is 19.7 Å². The van der Waals surface area contributed by atoms with Crippen molar-refractivity contribution in [3.8, 4) is 0 Å². The van der Waals surface area contributed by atoms with E-state index >= 15 is 0 Å². The molecule has 2 aliphatic heterocycles. The summed E-state index contributed by atoms with van der Waals surface area (Å²) < 4.78 is 41.9. The van der Waals surface area contributed by atoms with Gasteiger partial charge < -0.3 is 15.0 Å². The van der Waals surface area contributed by atoms with Gasteiger partial charge in [-0.2, -0.15) is 13.2 Å². The maximum absolute atomic E-state index is 12.1. The molecule has 21 heavy (non-hydrogen) atoms. The zero-order valence-electron chi connectivity index (χ0n) is 12.1. The SMILES string of the molecule is O=C(NCC(F)(F)F)C1CCCN(CCC2CCCO2)C1. The number of amides is 1. The molecule has 0 aromatic rings. The molecule has 2 fully saturated rings. The quantitative estimate of drug-likeness (QED) is 0.844. The first kappa shape index (κ1) is 16.5. The van der Waals surface area contributed by atoms with E-state index in [0.29, 0.717) is 19.1 Å². The standard InChI is InChI=1S/C14H23F3N2O2/c15-14(16,17)10-18-13(20)11-3-1-6-19(9-11)7-5-12-4-2-8-21-12/h11-12H,1-10H2,(H,18,20). The van der Waals surface area contributed by atoms with Crippen LogP contribution in [0, 0.1) is 5.92 Å². The molecule has 7 heteroatoms. The molecule has 2 saturated heterocycles. The highest BCUT2D eigenvalue weighted by Crippen LogP contribution is 2.20. The Morgan fingerprint density at radius 3 is 2.76 bits per heavy atom. The molecule has 0 saturated carbocycles. The lowest BCUT2D eigenvalue weighted by Gasteiger charge is -2.32. The van der Waals surface area contributed by atoms with E-state index in [9.17, 15) is 18.0 Å². The van der Waals surface area contributed by atoms with Gasteiger partial charge >= 0.3 is 6.18 Å². The predicted molar refractivity (Wildman–Crippen MR) is 71.8 cm³/mol. The third kappa shape index (κ3) is 5.82. The highest BCUT2D eigenvalue weighted by molar-refractivity contribution is 5.79. The number of rotatable bonds is 5. The van der Waals surface area contributed by atoms with Crippen LogP contribution in [0.15, 0.2) is 0 Å². The number of ether oxygens (including phenoxy) is 1. The molecule has 2 heterocycles. The summed E-state index contributed by atoms with van der Waals surface area (Å²) in [5.74, 6) is -0.806. The second-order valence-corrected chi connectivity index (χ2v) is 5.90. The summed E-state index contributed by atoms with van der Waals surface area (Å²) in [4.78, 5) is 14.0. The van der Waals surface area contributed by atoms with Gasteiger partial charge in [-0.3, -0.25) is 4.79 Å². The number of carbonyl (C=O) groups is 1. The number of likely N-dealkylation sites (tertiary alicyclic amines) is 1. The number of halogens is 3. The van der Waals surface area contributed by atoms with E-state index < -0.39 is 18.6 Å². The zero-order valence-corrected chi connectivity index (χ0v) is 12.1. The van der Waals surface area contributed by atoms with Gasteiger partial charge in [-0.25, -0.2) is 0 Å². The lowest BCUT2D eigenvalue weighted by molar-refractivity contribution is -0.141. The maximum Gasteiger partial charge on any atom is 0.405 e. The number of nitrogens with zero attached hydrogens (tertiary/aromatic N) is 1. The Morgan fingerprint density at radius 1 is 1.29 bits per heavy atom. The van der Waals surface area contributed by atoms with Crippen molar-refractivity contribution < 1.29 is 22.7 Å². The van der Waals surface area contributed by atoms with Gasteiger partial charge in [0.2, 0.25) is 5.91 Å². The number of alkyl halides is 3. The molecule has 122 valence electrons. The molecule has 0 bridgehead atoms. The fraction of sp³-hybridized carbons (Fsp3) is 0.929. The van der Waals surface area contributed by atoms with Crippen LogP contribution < -0.4 is 5.32 Å². The highest BCUT2D eigenvalue weighted by Gasteiger charge is 2.31. The molecular weight excluding hydrogens is 285 g/mol. The minimum Gasteiger partial charge on any atom is -0.378 e. The van der Waals surface area contributed by atoms with Crippen LogP contribution in [-0.4, -0.2) is 55.9 Å². The fourth-order valence-electron chi connectivity index (χ4n) is 3.00. The topological polar surface area (TPSA) is 41.6 Å². The summed E-state index contributed by atoms with van der Waals surface area (Å²) >= 11 is 0. The van der Waals surface area contributed by atoms with Gasteiger partial charge in [-0.15, -0.1) is 0 Å². The Morgan fingerprint density at radius 2 is 2.10 bits per heavy atom. The first-order valence-corrected chi connectivity index (χ1v) is 7.62. The van der Waals surface area contributed by atoms with Crippen molar-refractivity contribution in [1.29, 1.82) is 0 Å². The average molecular weight is 308 g/mol. The number of piperidine rings is 1.